The zero-order valence-corrected chi connectivity index (χ0v) is 18.7. The lowest BCUT2D eigenvalue weighted by atomic mass is 9.79. The van der Waals surface area contributed by atoms with Gasteiger partial charge in [-0.05, 0) is 54.4 Å². The molecule has 4 amide bonds. The summed E-state index contributed by atoms with van der Waals surface area (Å²) in [5.41, 5.74) is -1.07. The van der Waals surface area contributed by atoms with Crippen molar-refractivity contribution in [2.45, 2.75) is 89.8 Å². The van der Waals surface area contributed by atoms with Gasteiger partial charge in [0.1, 0.15) is 11.2 Å². The topological polar surface area (TPSA) is 100 Å². The molecule has 6 aliphatic rings. The molecule has 9 heteroatoms. The van der Waals surface area contributed by atoms with E-state index in [9.17, 15) is 14.4 Å². The average Bonchev–Trinajstić information content (AvgIpc) is 3.31. The number of ether oxygens (including phenoxy) is 2. The van der Waals surface area contributed by atoms with Crippen molar-refractivity contribution in [2.24, 2.45) is 11.8 Å². The van der Waals surface area contributed by atoms with E-state index in [2.05, 4.69) is 10.6 Å². The van der Waals surface area contributed by atoms with Gasteiger partial charge in [0.05, 0.1) is 24.2 Å². The Hall–Kier alpha value is -2.19. The highest BCUT2D eigenvalue weighted by molar-refractivity contribution is 5.77. The van der Waals surface area contributed by atoms with E-state index in [-0.39, 0.29) is 54.2 Å². The van der Waals surface area contributed by atoms with Crippen LogP contribution in [-0.2, 0) is 9.47 Å². The molecule has 2 saturated carbocycles. The molecule has 0 unspecified atom stereocenters. The first-order chi connectivity index (χ1) is 13.8. The zero-order chi connectivity index (χ0) is 22.0. The van der Waals surface area contributed by atoms with E-state index in [1.807, 2.05) is 41.5 Å². The molecule has 0 aromatic rings. The summed E-state index contributed by atoms with van der Waals surface area (Å²) in [6.45, 7) is 12.3. The molecular weight excluding hydrogens is 388 g/mol. The number of carbonyl (C=O) groups is 3. The quantitative estimate of drug-likeness (QED) is 0.711. The molecule has 4 heterocycles. The van der Waals surface area contributed by atoms with Crippen molar-refractivity contribution in [3.8, 4) is 0 Å². The third kappa shape index (κ3) is 3.90. The molecule has 2 aliphatic carbocycles. The molecule has 4 bridgehead atoms. The Morgan fingerprint density at radius 2 is 1.10 bits per heavy atom. The number of nitrogens with zero attached hydrogens (tertiary/aromatic N) is 2. The predicted molar refractivity (Wildman–Crippen MR) is 109 cm³/mol. The molecule has 168 valence electrons. The van der Waals surface area contributed by atoms with Gasteiger partial charge >= 0.3 is 18.2 Å². The predicted octanol–water partition coefficient (Wildman–Crippen LogP) is 2.30. The van der Waals surface area contributed by atoms with E-state index < -0.39 is 11.2 Å². The standard InChI is InChI=1S/C21H34N4O5/c1-20(2,3)29-18(27)24-9-11-7-13(24)15(11)22-17(26)23-16-12-8-14(16)25(10-12)19(28)30-21(4,5)6/h11-16H,7-10H2,1-6H3,(H2,22,23,26)/t11-,12-,13-,14-,15+,16+/m0/s1. The second-order valence-corrected chi connectivity index (χ2v) is 11.1. The number of amides is 4. The van der Waals surface area contributed by atoms with Crippen LogP contribution in [-0.4, -0.2) is 76.5 Å². The maximum absolute atomic E-state index is 12.6. The van der Waals surface area contributed by atoms with Crippen molar-refractivity contribution in [1.29, 1.82) is 0 Å². The van der Waals surface area contributed by atoms with Crippen molar-refractivity contribution in [3.63, 3.8) is 0 Å². The van der Waals surface area contributed by atoms with Gasteiger partial charge in [-0.15, -0.1) is 0 Å². The largest absolute Gasteiger partial charge is 0.444 e. The van der Waals surface area contributed by atoms with E-state index in [0.717, 1.165) is 12.8 Å². The highest BCUT2D eigenvalue weighted by Crippen LogP contribution is 2.43. The van der Waals surface area contributed by atoms with Gasteiger partial charge in [-0.1, -0.05) is 0 Å². The van der Waals surface area contributed by atoms with Gasteiger partial charge < -0.3 is 29.9 Å². The lowest BCUT2D eigenvalue weighted by Crippen LogP contribution is -2.62. The third-order valence-corrected chi connectivity index (χ3v) is 6.45. The Balaban J connectivity index is 1.26. The first kappa shape index (κ1) is 21.1. The van der Waals surface area contributed by atoms with E-state index in [0.29, 0.717) is 13.1 Å². The minimum atomic E-state index is -0.534. The molecule has 9 nitrogen and oxygen atoms in total. The van der Waals surface area contributed by atoms with Crippen LogP contribution in [0.1, 0.15) is 54.4 Å². The molecule has 6 rings (SSSR count). The lowest BCUT2D eigenvalue weighted by molar-refractivity contribution is 0.0222. The first-order valence-corrected chi connectivity index (χ1v) is 10.9. The molecule has 0 aromatic carbocycles. The van der Waals surface area contributed by atoms with Crippen LogP contribution in [0.5, 0.6) is 0 Å². The van der Waals surface area contributed by atoms with Crippen molar-refractivity contribution < 1.29 is 23.9 Å². The summed E-state index contributed by atoms with van der Waals surface area (Å²) < 4.78 is 11.0. The summed E-state index contributed by atoms with van der Waals surface area (Å²) in [6, 6.07) is -0.333. The molecule has 2 N–H and O–H groups in total. The third-order valence-electron chi connectivity index (χ3n) is 6.45. The molecule has 6 atom stereocenters. The summed E-state index contributed by atoms with van der Waals surface area (Å²) in [7, 11) is 0. The van der Waals surface area contributed by atoms with Crippen LogP contribution in [0, 0.1) is 11.8 Å². The average molecular weight is 423 g/mol. The smallest absolute Gasteiger partial charge is 0.410 e. The number of urea groups is 1. The molecule has 0 spiro atoms. The fraction of sp³-hybridized carbons (Fsp3) is 0.857. The number of hydrogen-bond acceptors (Lipinski definition) is 5. The van der Waals surface area contributed by atoms with Crippen LogP contribution in [0.25, 0.3) is 0 Å². The molecular formula is C21H34N4O5. The normalized spacial score (nSPS) is 34.1. The fourth-order valence-electron chi connectivity index (χ4n) is 5.07. The second kappa shape index (κ2) is 6.92. The highest BCUT2D eigenvalue weighted by atomic mass is 16.6. The van der Waals surface area contributed by atoms with Crippen molar-refractivity contribution >= 4 is 18.2 Å². The van der Waals surface area contributed by atoms with Crippen LogP contribution in [0.3, 0.4) is 0 Å². The van der Waals surface area contributed by atoms with E-state index in [1.165, 1.54) is 0 Å². The summed E-state index contributed by atoms with van der Waals surface area (Å²) in [4.78, 5) is 40.8. The molecule has 30 heavy (non-hydrogen) atoms. The number of hydrogen-bond donors (Lipinski definition) is 2. The van der Waals surface area contributed by atoms with Crippen molar-refractivity contribution in [2.75, 3.05) is 13.1 Å². The van der Waals surface area contributed by atoms with E-state index in [1.54, 1.807) is 9.80 Å². The maximum atomic E-state index is 12.6. The SMILES string of the molecule is CC(C)(C)OC(=O)N1C[C@@H]2C[C@H]1[C@@H]2NC(=O)N[C@@H]1[C@H]2C[C@@H]1N(C(=O)OC(C)(C)C)C2. The van der Waals surface area contributed by atoms with Gasteiger partial charge in [0.2, 0.25) is 0 Å². The first-order valence-electron chi connectivity index (χ1n) is 10.9. The van der Waals surface area contributed by atoms with Gasteiger partial charge in [0.15, 0.2) is 0 Å². The van der Waals surface area contributed by atoms with Crippen LogP contribution in [0.4, 0.5) is 14.4 Å². The summed E-state index contributed by atoms with van der Waals surface area (Å²) in [5.74, 6) is 0.536. The molecule has 0 aromatic heterocycles. The van der Waals surface area contributed by atoms with E-state index in [4.69, 9.17) is 9.47 Å². The lowest BCUT2D eigenvalue weighted by Gasteiger charge is -2.40. The van der Waals surface area contributed by atoms with Crippen molar-refractivity contribution in [1.82, 2.24) is 20.4 Å². The number of nitrogens with one attached hydrogen (secondary N) is 2. The highest BCUT2D eigenvalue weighted by Gasteiger charge is 2.57. The Kier molecular flexibility index (Phi) is 4.86. The van der Waals surface area contributed by atoms with Crippen LogP contribution >= 0.6 is 0 Å². The zero-order valence-electron chi connectivity index (χ0n) is 18.7. The summed E-state index contributed by atoms with van der Waals surface area (Å²) >= 11 is 0. The monoisotopic (exact) mass is 422 g/mol. The van der Waals surface area contributed by atoms with Crippen molar-refractivity contribution in [3.05, 3.63) is 0 Å². The second-order valence-electron chi connectivity index (χ2n) is 11.1. The van der Waals surface area contributed by atoms with Crippen LogP contribution < -0.4 is 10.6 Å². The number of rotatable bonds is 2. The number of carbonyl (C=O) groups excluding carboxylic acids is 3. The minimum Gasteiger partial charge on any atom is -0.444 e. The Morgan fingerprint density at radius 1 is 0.733 bits per heavy atom. The van der Waals surface area contributed by atoms with Gasteiger partial charge in [-0.3, -0.25) is 0 Å². The minimum absolute atomic E-state index is 0.00743. The fourth-order valence-corrected chi connectivity index (χ4v) is 5.07. The number of fused-ring (bicyclic) bond motifs is 2. The van der Waals surface area contributed by atoms with Gasteiger partial charge in [-0.2, -0.15) is 0 Å². The summed E-state index contributed by atoms with van der Waals surface area (Å²) in [6.07, 6.45) is 1.16. The maximum Gasteiger partial charge on any atom is 0.410 e. The van der Waals surface area contributed by atoms with Gasteiger partial charge in [-0.25, -0.2) is 14.4 Å². The molecule has 4 saturated heterocycles. The van der Waals surface area contributed by atoms with Crippen LogP contribution in [0.15, 0.2) is 0 Å². The molecule has 4 aliphatic heterocycles. The Morgan fingerprint density at radius 3 is 1.43 bits per heavy atom. The van der Waals surface area contributed by atoms with Gasteiger partial charge in [0.25, 0.3) is 0 Å². The van der Waals surface area contributed by atoms with E-state index >= 15 is 0 Å². The molecule has 0 radical (unpaired) electrons. The molecule has 6 fully saturated rings. The summed E-state index contributed by atoms with van der Waals surface area (Å²) in [5, 5.41) is 6.08. The Bertz CT molecular complexity index is 683. The Labute approximate surface area is 177 Å². The van der Waals surface area contributed by atoms with Gasteiger partial charge in [0, 0.05) is 24.9 Å². The van der Waals surface area contributed by atoms with Crippen LogP contribution in [0.2, 0.25) is 0 Å².